The van der Waals surface area contributed by atoms with Crippen LogP contribution in [0.4, 0.5) is 4.79 Å². The summed E-state index contributed by atoms with van der Waals surface area (Å²) < 4.78 is 23.4. The molecule has 2 unspecified atom stereocenters. The lowest BCUT2D eigenvalue weighted by Crippen LogP contribution is -2.55. The van der Waals surface area contributed by atoms with Crippen molar-refractivity contribution in [1.29, 1.82) is 0 Å². The van der Waals surface area contributed by atoms with Crippen LogP contribution in [0.25, 0.3) is 0 Å². The van der Waals surface area contributed by atoms with Gasteiger partial charge >= 0.3 is 12.0 Å². The quantitative estimate of drug-likeness (QED) is 0.813. The Hall–Kier alpha value is -1.31. The van der Waals surface area contributed by atoms with Crippen LogP contribution >= 0.6 is 0 Å². The molecule has 2 amide bonds. The summed E-state index contributed by atoms with van der Waals surface area (Å²) in [4.78, 5) is 26.6. The molecule has 0 aliphatic carbocycles. The van der Waals surface area contributed by atoms with Crippen molar-refractivity contribution in [2.75, 3.05) is 31.1 Å². The van der Waals surface area contributed by atoms with Gasteiger partial charge in [0.05, 0.1) is 24.0 Å². The molecule has 2 aliphatic heterocycles. The molecule has 2 aliphatic rings. The van der Waals surface area contributed by atoms with Crippen molar-refractivity contribution in [3.8, 4) is 0 Å². The van der Waals surface area contributed by atoms with Crippen LogP contribution in [0.3, 0.4) is 0 Å². The molecule has 0 aromatic carbocycles. The van der Waals surface area contributed by atoms with Crippen molar-refractivity contribution in [2.45, 2.75) is 32.2 Å². The predicted molar refractivity (Wildman–Crippen MR) is 76.8 cm³/mol. The molecule has 0 spiro atoms. The van der Waals surface area contributed by atoms with Crippen LogP contribution in [0.5, 0.6) is 0 Å². The molecular formula is C13H22N2O5S. The molecule has 0 radical (unpaired) electrons. The molecule has 2 atom stereocenters. The highest BCUT2D eigenvalue weighted by Crippen LogP contribution is 2.23. The van der Waals surface area contributed by atoms with E-state index in [0.29, 0.717) is 19.0 Å². The molecule has 2 saturated heterocycles. The molecule has 7 nitrogen and oxygen atoms in total. The van der Waals surface area contributed by atoms with Crippen molar-refractivity contribution in [1.82, 2.24) is 9.80 Å². The Morgan fingerprint density at radius 1 is 1.29 bits per heavy atom. The molecule has 21 heavy (non-hydrogen) atoms. The molecular weight excluding hydrogens is 296 g/mol. The lowest BCUT2D eigenvalue weighted by molar-refractivity contribution is -0.138. The Morgan fingerprint density at radius 3 is 2.57 bits per heavy atom. The molecule has 0 bridgehead atoms. The molecule has 0 saturated carbocycles. The van der Waals surface area contributed by atoms with Gasteiger partial charge in [0.15, 0.2) is 9.84 Å². The number of carboxylic acids is 1. The number of rotatable bonds is 3. The number of likely N-dealkylation sites (tertiary alicyclic amines) is 1. The van der Waals surface area contributed by atoms with Crippen LogP contribution in [0.15, 0.2) is 0 Å². The average molecular weight is 318 g/mol. The maximum Gasteiger partial charge on any atom is 0.320 e. The van der Waals surface area contributed by atoms with Crippen molar-refractivity contribution < 1.29 is 23.1 Å². The van der Waals surface area contributed by atoms with Gasteiger partial charge in [-0.2, -0.15) is 0 Å². The number of carbonyl (C=O) groups excluding carboxylic acids is 1. The number of aliphatic carboxylic acids is 1. The SMILES string of the molecule is CCC1CCN(C(=O)N2CCS(=O)(=O)CC2CC(=O)O)C1. The Bertz CT molecular complexity index is 519. The second-order valence-corrected chi connectivity index (χ2v) is 8.08. The average Bonchev–Trinajstić information content (AvgIpc) is 2.85. The van der Waals surface area contributed by atoms with Crippen molar-refractivity contribution in [3.05, 3.63) is 0 Å². The smallest absolute Gasteiger partial charge is 0.320 e. The van der Waals surface area contributed by atoms with E-state index in [4.69, 9.17) is 5.11 Å². The van der Waals surface area contributed by atoms with Gasteiger partial charge in [-0.05, 0) is 12.3 Å². The first-order chi connectivity index (χ1) is 9.82. The molecule has 0 aromatic heterocycles. The number of carbonyl (C=O) groups is 2. The Morgan fingerprint density at radius 2 is 2.00 bits per heavy atom. The van der Waals surface area contributed by atoms with E-state index < -0.39 is 21.8 Å². The highest BCUT2D eigenvalue weighted by Gasteiger charge is 2.38. The van der Waals surface area contributed by atoms with Gasteiger partial charge in [-0.1, -0.05) is 13.3 Å². The van der Waals surface area contributed by atoms with Crippen LogP contribution in [0, 0.1) is 5.92 Å². The van der Waals surface area contributed by atoms with Crippen molar-refractivity contribution in [3.63, 3.8) is 0 Å². The summed E-state index contributed by atoms with van der Waals surface area (Å²) in [6.45, 7) is 3.52. The van der Waals surface area contributed by atoms with E-state index in [1.807, 2.05) is 0 Å². The number of sulfone groups is 1. The fraction of sp³-hybridized carbons (Fsp3) is 0.846. The number of urea groups is 1. The maximum absolute atomic E-state index is 12.5. The van der Waals surface area contributed by atoms with Gasteiger partial charge in [0.1, 0.15) is 0 Å². The van der Waals surface area contributed by atoms with Crippen LogP contribution in [-0.2, 0) is 14.6 Å². The molecule has 120 valence electrons. The third-order valence-corrected chi connectivity index (χ3v) is 6.02. The van der Waals surface area contributed by atoms with E-state index in [1.165, 1.54) is 4.90 Å². The van der Waals surface area contributed by atoms with Gasteiger partial charge in [-0.25, -0.2) is 13.2 Å². The normalized spacial score (nSPS) is 28.6. The summed E-state index contributed by atoms with van der Waals surface area (Å²) in [5, 5.41) is 8.93. The molecule has 2 fully saturated rings. The minimum atomic E-state index is -3.26. The summed E-state index contributed by atoms with van der Waals surface area (Å²) in [6.07, 6.45) is 1.64. The van der Waals surface area contributed by atoms with E-state index in [2.05, 4.69) is 6.92 Å². The van der Waals surface area contributed by atoms with Gasteiger partial charge < -0.3 is 14.9 Å². The number of amides is 2. The number of hydrogen-bond acceptors (Lipinski definition) is 4. The highest BCUT2D eigenvalue weighted by atomic mass is 32.2. The molecule has 1 N–H and O–H groups in total. The topological polar surface area (TPSA) is 95.0 Å². The van der Waals surface area contributed by atoms with E-state index in [0.717, 1.165) is 12.8 Å². The first kappa shape index (κ1) is 16.1. The number of nitrogens with zero attached hydrogens (tertiary/aromatic N) is 2. The molecule has 8 heteroatoms. The fourth-order valence-corrected chi connectivity index (χ4v) is 4.56. The van der Waals surface area contributed by atoms with E-state index in [1.54, 1.807) is 4.90 Å². The zero-order valence-corrected chi connectivity index (χ0v) is 13.0. The van der Waals surface area contributed by atoms with Crippen molar-refractivity contribution >= 4 is 21.8 Å². The number of hydrogen-bond donors (Lipinski definition) is 1. The first-order valence-corrected chi connectivity index (χ1v) is 9.12. The first-order valence-electron chi connectivity index (χ1n) is 7.30. The van der Waals surface area contributed by atoms with Crippen LogP contribution in [-0.4, -0.2) is 72.5 Å². The number of carboxylic acid groups (broad SMARTS) is 1. The predicted octanol–water partition coefficient (Wildman–Crippen LogP) is 0.412. The van der Waals surface area contributed by atoms with Crippen LogP contribution in [0.2, 0.25) is 0 Å². The van der Waals surface area contributed by atoms with Crippen LogP contribution < -0.4 is 0 Å². The maximum atomic E-state index is 12.5. The Balaban J connectivity index is 2.08. The summed E-state index contributed by atoms with van der Waals surface area (Å²) in [5.41, 5.74) is 0. The zero-order chi connectivity index (χ0) is 15.6. The molecule has 0 aromatic rings. The van der Waals surface area contributed by atoms with Gasteiger partial charge in [-0.3, -0.25) is 4.79 Å². The summed E-state index contributed by atoms with van der Waals surface area (Å²) in [6, 6.07) is -0.971. The Labute approximate surface area is 124 Å². The van der Waals surface area contributed by atoms with Crippen molar-refractivity contribution in [2.24, 2.45) is 5.92 Å². The summed E-state index contributed by atoms with van der Waals surface area (Å²) in [5.74, 6) is -0.932. The second kappa shape index (κ2) is 6.21. The standard InChI is InChI=1S/C13H22N2O5S/c1-2-10-3-4-14(8-10)13(18)15-5-6-21(19,20)9-11(15)7-12(16)17/h10-11H,2-9H2,1H3,(H,16,17). The van der Waals surface area contributed by atoms with E-state index in [-0.39, 0.29) is 30.5 Å². The lowest BCUT2D eigenvalue weighted by atomic mass is 10.1. The van der Waals surface area contributed by atoms with E-state index >= 15 is 0 Å². The van der Waals surface area contributed by atoms with E-state index in [9.17, 15) is 18.0 Å². The largest absolute Gasteiger partial charge is 0.481 e. The minimum Gasteiger partial charge on any atom is -0.481 e. The van der Waals surface area contributed by atoms with Crippen LogP contribution in [0.1, 0.15) is 26.2 Å². The second-order valence-electron chi connectivity index (χ2n) is 5.85. The van der Waals surface area contributed by atoms with Gasteiger partial charge in [0.2, 0.25) is 0 Å². The fourth-order valence-electron chi connectivity index (χ4n) is 3.03. The van der Waals surface area contributed by atoms with Gasteiger partial charge in [0.25, 0.3) is 0 Å². The third kappa shape index (κ3) is 3.87. The Kier molecular flexibility index (Phi) is 4.75. The highest BCUT2D eigenvalue weighted by molar-refractivity contribution is 7.91. The summed E-state index contributed by atoms with van der Waals surface area (Å²) >= 11 is 0. The molecule has 2 rings (SSSR count). The van der Waals surface area contributed by atoms with Gasteiger partial charge in [-0.15, -0.1) is 0 Å². The summed E-state index contributed by atoms with van der Waals surface area (Å²) in [7, 11) is -3.26. The minimum absolute atomic E-state index is 0.0834. The zero-order valence-electron chi connectivity index (χ0n) is 12.2. The molecule has 2 heterocycles. The lowest BCUT2D eigenvalue weighted by Gasteiger charge is -2.37. The monoisotopic (exact) mass is 318 g/mol. The van der Waals surface area contributed by atoms with Gasteiger partial charge in [0, 0.05) is 19.6 Å². The third-order valence-electron chi connectivity index (χ3n) is 4.32.